The Kier molecular flexibility index (Phi) is 4.87. The van der Waals surface area contributed by atoms with Crippen LogP contribution in [-0.4, -0.2) is 27.6 Å². The van der Waals surface area contributed by atoms with E-state index in [1.54, 1.807) is 0 Å². The molecule has 4 heteroatoms. The molecular formula is C8H15N3S. The first-order valence-corrected chi connectivity index (χ1v) is 5.32. The van der Waals surface area contributed by atoms with E-state index >= 15 is 0 Å². The van der Waals surface area contributed by atoms with E-state index in [0.29, 0.717) is 0 Å². The molecule has 0 atom stereocenters. The zero-order valence-electron chi connectivity index (χ0n) is 7.15. The SMILES string of the molecule is NCCSCCCn1ccnc1. The number of hydrogen-bond donors (Lipinski definition) is 1. The van der Waals surface area contributed by atoms with Crippen LogP contribution in [0.2, 0.25) is 0 Å². The first-order chi connectivity index (χ1) is 5.93. The van der Waals surface area contributed by atoms with Gasteiger partial charge in [-0.05, 0) is 12.2 Å². The van der Waals surface area contributed by atoms with E-state index in [4.69, 9.17) is 5.73 Å². The van der Waals surface area contributed by atoms with Crippen LogP contribution in [0.3, 0.4) is 0 Å². The quantitative estimate of drug-likeness (QED) is 0.671. The van der Waals surface area contributed by atoms with Gasteiger partial charge < -0.3 is 10.3 Å². The number of nitrogens with two attached hydrogens (primary N) is 1. The number of hydrogen-bond acceptors (Lipinski definition) is 3. The highest BCUT2D eigenvalue weighted by Crippen LogP contribution is 2.02. The molecule has 0 amide bonds. The van der Waals surface area contributed by atoms with Crippen LogP contribution >= 0.6 is 11.8 Å². The van der Waals surface area contributed by atoms with Crippen LogP contribution in [0.1, 0.15) is 6.42 Å². The number of imidazole rings is 1. The highest BCUT2D eigenvalue weighted by Gasteiger charge is 1.90. The highest BCUT2D eigenvalue weighted by atomic mass is 32.2. The summed E-state index contributed by atoms with van der Waals surface area (Å²) in [7, 11) is 0. The fourth-order valence-electron chi connectivity index (χ4n) is 0.954. The molecule has 0 aliphatic carbocycles. The second-order valence-electron chi connectivity index (χ2n) is 2.56. The Morgan fingerprint density at radius 2 is 2.33 bits per heavy atom. The lowest BCUT2D eigenvalue weighted by molar-refractivity contribution is 0.683. The van der Waals surface area contributed by atoms with Crippen molar-refractivity contribution >= 4 is 11.8 Å². The minimum Gasteiger partial charge on any atom is -0.337 e. The van der Waals surface area contributed by atoms with Gasteiger partial charge in [-0.25, -0.2) is 4.98 Å². The van der Waals surface area contributed by atoms with Crippen molar-refractivity contribution < 1.29 is 0 Å². The molecule has 0 aromatic carbocycles. The van der Waals surface area contributed by atoms with Gasteiger partial charge in [0.25, 0.3) is 0 Å². The second-order valence-corrected chi connectivity index (χ2v) is 3.78. The lowest BCUT2D eigenvalue weighted by Crippen LogP contribution is -2.02. The number of rotatable bonds is 6. The topological polar surface area (TPSA) is 43.8 Å². The first-order valence-electron chi connectivity index (χ1n) is 4.17. The number of aromatic nitrogens is 2. The molecule has 0 aliphatic rings. The summed E-state index contributed by atoms with van der Waals surface area (Å²) < 4.78 is 2.10. The Hall–Kier alpha value is -0.480. The van der Waals surface area contributed by atoms with E-state index in [1.165, 1.54) is 12.2 Å². The third kappa shape index (κ3) is 3.78. The van der Waals surface area contributed by atoms with Crippen molar-refractivity contribution in [3.05, 3.63) is 18.7 Å². The van der Waals surface area contributed by atoms with Crippen LogP contribution in [0.5, 0.6) is 0 Å². The van der Waals surface area contributed by atoms with Crippen molar-refractivity contribution in [2.24, 2.45) is 5.73 Å². The molecule has 1 aromatic heterocycles. The average Bonchev–Trinajstić information content (AvgIpc) is 2.57. The molecule has 1 heterocycles. The molecule has 0 saturated carbocycles. The number of aryl methyl sites for hydroxylation is 1. The molecule has 0 spiro atoms. The fourth-order valence-corrected chi connectivity index (χ4v) is 1.66. The standard InChI is InChI=1S/C8H15N3S/c9-2-7-12-6-1-4-11-5-3-10-8-11/h3,5,8H,1-2,4,6-7,9H2. The molecule has 0 aliphatic heterocycles. The van der Waals surface area contributed by atoms with Gasteiger partial charge in [0.2, 0.25) is 0 Å². The predicted octanol–water partition coefficient (Wildman–Crippen LogP) is 0.965. The third-order valence-electron chi connectivity index (χ3n) is 1.53. The van der Waals surface area contributed by atoms with E-state index in [2.05, 4.69) is 9.55 Å². The van der Waals surface area contributed by atoms with Gasteiger partial charge in [0.15, 0.2) is 0 Å². The van der Waals surface area contributed by atoms with Gasteiger partial charge in [0.05, 0.1) is 6.33 Å². The van der Waals surface area contributed by atoms with E-state index in [1.807, 2.05) is 30.5 Å². The maximum atomic E-state index is 5.37. The molecule has 3 nitrogen and oxygen atoms in total. The maximum Gasteiger partial charge on any atom is 0.0945 e. The largest absolute Gasteiger partial charge is 0.337 e. The van der Waals surface area contributed by atoms with Crippen molar-refractivity contribution in [3.63, 3.8) is 0 Å². The molecule has 12 heavy (non-hydrogen) atoms. The van der Waals surface area contributed by atoms with Crippen LogP contribution in [-0.2, 0) is 6.54 Å². The van der Waals surface area contributed by atoms with E-state index in [-0.39, 0.29) is 0 Å². The van der Waals surface area contributed by atoms with Crippen LogP contribution in [0, 0.1) is 0 Å². The Balaban J connectivity index is 1.96. The van der Waals surface area contributed by atoms with Crippen molar-refractivity contribution in [1.29, 1.82) is 0 Å². The highest BCUT2D eigenvalue weighted by molar-refractivity contribution is 7.99. The lowest BCUT2D eigenvalue weighted by Gasteiger charge is -2.00. The number of thioether (sulfide) groups is 1. The van der Waals surface area contributed by atoms with Gasteiger partial charge in [0, 0.05) is 31.2 Å². The summed E-state index contributed by atoms with van der Waals surface area (Å²) in [4.78, 5) is 3.97. The fraction of sp³-hybridized carbons (Fsp3) is 0.625. The molecule has 1 rings (SSSR count). The number of nitrogens with zero attached hydrogens (tertiary/aromatic N) is 2. The summed E-state index contributed by atoms with van der Waals surface area (Å²) in [6.45, 7) is 1.85. The van der Waals surface area contributed by atoms with Crippen LogP contribution in [0.15, 0.2) is 18.7 Å². The third-order valence-corrected chi connectivity index (χ3v) is 2.63. The second kappa shape index (κ2) is 6.08. The Bertz CT molecular complexity index is 186. The average molecular weight is 185 g/mol. The predicted molar refractivity (Wildman–Crippen MR) is 53.2 cm³/mol. The molecule has 0 bridgehead atoms. The minimum absolute atomic E-state index is 0.787. The van der Waals surface area contributed by atoms with Crippen molar-refractivity contribution in [2.45, 2.75) is 13.0 Å². The summed E-state index contributed by atoms with van der Waals surface area (Å²) in [5.41, 5.74) is 5.37. The summed E-state index contributed by atoms with van der Waals surface area (Å²) >= 11 is 1.92. The van der Waals surface area contributed by atoms with Gasteiger partial charge in [-0.3, -0.25) is 0 Å². The summed E-state index contributed by atoms with van der Waals surface area (Å²) in [6.07, 6.45) is 6.86. The summed E-state index contributed by atoms with van der Waals surface area (Å²) in [5.74, 6) is 2.26. The summed E-state index contributed by atoms with van der Waals surface area (Å²) in [5, 5.41) is 0. The van der Waals surface area contributed by atoms with Crippen LogP contribution in [0.25, 0.3) is 0 Å². The normalized spacial score (nSPS) is 10.4. The zero-order chi connectivity index (χ0) is 8.65. The zero-order valence-corrected chi connectivity index (χ0v) is 7.96. The van der Waals surface area contributed by atoms with Crippen LogP contribution < -0.4 is 5.73 Å². The lowest BCUT2D eigenvalue weighted by atomic mass is 10.5. The Labute approximate surface area is 77.4 Å². The molecule has 0 unspecified atom stereocenters. The van der Waals surface area contributed by atoms with E-state index in [9.17, 15) is 0 Å². The molecule has 1 aromatic rings. The molecule has 2 N–H and O–H groups in total. The molecule has 0 fully saturated rings. The van der Waals surface area contributed by atoms with Crippen molar-refractivity contribution in [3.8, 4) is 0 Å². The van der Waals surface area contributed by atoms with Gasteiger partial charge in [-0.1, -0.05) is 0 Å². The Morgan fingerprint density at radius 3 is 3.00 bits per heavy atom. The molecule has 68 valence electrons. The van der Waals surface area contributed by atoms with Crippen molar-refractivity contribution in [1.82, 2.24) is 9.55 Å². The van der Waals surface area contributed by atoms with Gasteiger partial charge in [-0.15, -0.1) is 0 Å². The first kappa shape index (κ1) is 9.61. The van der Waals surface area contributed by atoms with E-state index < -0.39 is 0 Å². The van der Waals surface area contributed by atoms with Crippen LogP contribution in [0.4, 0.5) is 0 Å². The molecular weight excluding hydrogens is 170 g/mol. The monoisotopic (exact) mass is 185 g/mol. The van der Waals surface area contributed by atoms with Gasteiger partial charge in [-0.2, -0.15) is 11.8 Å². The molecule has 0 radical (unpaired) electrons. The smallest absolute Gasteiger partial charge is 0.0945 e. The molecule has 0 saturated heterocycles. The minimum atomic E-state index is 0.787. The Morgan fingerprint density at radius 1 is 1.42 bits per heavy atom. The van der Waals surface area contributed by atoms with Crippen molar-refractivity contribution in [2.75, 3.05) is 18.1 Å². The summed E-state index contributed by atoms with van der Waals surface area (Å²) in [6, 6.07) is 0. The maximum absolute atomic E-state index is 5.37. The van der Waals surface area contributed by atoms with Gasteiger partial charge in [0.1, 0.15) is 0 Å². The van der Waals surface area contributed by atoms with Gasteiger partial charge >= 0.3 is 0 Å². The van der Waals surface area contributed by atoms with E-state index in [0.717, 1.165) is 18.8 Å².